The normalized spacial score (nSPS) is 25.3. The molecular weight excluding hydrogens is 280 g/mol. The van der Waals surface area contributed by atoms with Gasteiger partial charge in [-0.1, -0.05) is 0 Å². The molecule has 7 nitrogen and oxygen atoms in total. The van der Waals surface area contributed by atoms with Gasteiger partial charge in [0.15, 0.2) is 0 Å². The second kappa shape index (κ2) is 5.59. The summed E-state index contributed by atoms with van der Waals surface area (Å²) in [5, 5.41) is 3.12. The lowest BCUT2D eigenvalue weighted by atomic mass is 9.91. The molecule has 116 valence electrons. The Hall–Kier alpha value is -0.700. The molecule has 1 saturated heterocycles. The third-order valence-electron chi connectivity index (χ3n) is 4.43. The van der Waals surface area contributed by atoms with Crippen LogP contribution >= 0.6 is 0 Å². The predicted molar refractivity (Wildman–Crippen MR) is 76.6 cm³/mol. The number of carbonyl (C=O) groups excluding carboxylic acids is 1. The molecule has 0 aromatic carbocycles. The summed E-state index contributed by atoms with van der Waals surface area (Å²) in [7, 11) is -1.35. The summed E-state index contributed by atoms with van der Waals surface area (Å²) in [6.45, 7) is 2.78. The summed E-state index contributed by atoms with van der Waals surface area (Å²) in [5.74, 6) is -0.00835. The van der Waals surface area contributed by atoms with Crippen molar-refractivity contribution in [3.63, 3.8) is 0 Å². The highest BCUT2D eigenvalue weighted by Gasteiger charge is 2.49. The van der Waals surface area contributed by atoms with E-state index in [0.717, 1.165) is 12.8 Å². The summed E-state index contributed by atoms with van der Waals surface area (Å²) in [5.41, 5.74) is 4.93. The summed E-state index contributed by atoms with van der Waals surface area (Å²) in [6, 6.07) is 0. The van der Waals surface area contributed by atoms with Crippen molar-refractivity contribution < 1.29 is 13.2 Å². The van der Waals surface area contributed by atoms with Crippen molar-refractivity contribution in [2.75, 3.05) is 46.0 Å². The molecule has 1 heterocycles. The van der Waals surface area contributed by atoms with Crippen LogP contribution in [0.15, 0.2) is 0 Å². The summed E-state index contributed by atoms with van der Waals surface area (Å²) >= 11 is 0. The zero-order valence-electron chi connectivity index (χ0n) is 12.1. The highest BCUT2D eigenvalue weighted by atomic mass is 32.2. The van der Waals surface area contributed by atoms with Gasteiger partial charge < -0.3 is 11.1 Å². The predicted octanol–water partition coefficient (Wildman–Crippen LogP) is -1.58. The second-order valence-corrected chi connectivity index (χ2v) is 7.78. The lowest BCUT2D eigenvalue weighted by molar-refractivity contribution is -0.126. The van der Waals surface area contributed by atoms with Gasteiger partial charge in [0.2, 0.25) is 15.9 Å². The van der Waals surface area contributed by atoms with Crippen molar-refractivity contribution in [3.05, 3.63) is 0 Å². The van der Waals surface area contributed by atoms with Crippen LogP contribution in [0, 0.1) is 5.92 Å². The molecule has 3 N–H and O–H groups in total. The maximum atomic E-state index is 11.9. The van der Waals surface area contributed by atoms with Crippen LogP contribution in [-0.4, -0.2) is 75.1 Å². The van der Waals surface area contributed by atoms with E-state index >= 15 is 0 Å². The van der Waals surface area contributed by atoms with Crippen molar-refractivity contribution in [2.24, 2.45) is 11.7 Å². The molecule has 2 fully saturated rings. The summed E-state index contributed by atoms with van der Waals surface area (Å²) in [4.78, 5) is 14.0. The minimum atomic E-state index is -3.12. The number of nitrogens with one attached hydrogen (secondary N) is 1. The minimum Gasteiger partial charge on any atom is -0.368 e. The average molecular weight is 304 g/mol. The van der Waals surface area contributed by atoms with E-state index in [1.165, 1.54) is 10.6 Å². The van der Waals surface area contributed by atoms with Gasteiger partial charge >= 0.3 is 0 Å². The van der Waals surface area contributed by atoms with E-state index in [0.29, 0.717) is 38.6 Å². The molecule has 0 bridgehead atoms. The highest BCUT2D eigenvalue weighted by Crippen LogP contribution is 2.40. The molecule has 0 radical (unpaired) electrons. The Morgan fingerprint density at radius 2 is 1.85 bits per heavy atom. The molecule has 20 heavy (non-hydrogen) atoms. The minimum absolute atomic E-state index is 0.304. The fraction of sp³-hybridized carbons (Fsp3) is 0.917. The van der Waals surface area contributed by atoms with Crippen LogP contribution in [0.5, 0.6) is 0 Å². The molecule has 2 aliphatic rings. The number of amides is 1. The van der Waals surface area contributed by atoms with Gasteiger partial charge in [0.1, 0.15) is 5.54 Å². The Balaban J connectivity index is 1.98. The summed E-state index contributed by atoms with van der Waals surface area (Å²) < 4.78 is 24.4. The molecule has 8 heteroatoms. The zero-order chi connectivity index (χ0) is 15.0. The third-order valence-corrected chi connectivity index (χ3v) is 5.74. The molecule has 1 amide bonds. The number of hydrogen-bond donors (Lipinski definition) is 2. The number of rotatable bonds is 6. The first-order valence-electron chi connectivity index (χ1n) is 6.96. The largest absolute Gasteiger partial charge is 0.368 e. The molecule has 2 rings (SSSR count). The molecule has 1 aliphatic heterocycles. The first kappa shape index (κ1) is 15.7. The SMILES string of the molecule is CNC(CN1CCN(S(C)(=O)=O)CC1)(C(N)=O)C1CC1. The van der Waals surface area contributed by atoms with Crippen LogP contribution in [0.4, 0.5) is 0 Å². The second-order valence-electron chi connectivity index (χ2n) is 5.80. The van der Waals surface area contributed by atoms with Gasteiger partial charge in [-0.3, -0.25) is 9.69 Å². The molecule has 0 spiro atoms. The van der Waals surface area contributed by atoms with E-state index in [4.69, 9.17) is 5.73 Å². The van der Waals surface area contributed by atoms with Crippen molar-refractivity contribution in [2.45, 2.75) is 18.4 Å². The molecular formula is C12H24N4O3S. The number of primary amides is 1. The lowest BCUT2D eigenvalue weighted by Crippen LogP contribution is -2.64. The average Bonchev–Trinajstić information content (AvgIpc) is 3.19. The number of sulfonamides is 1. The van der Waals surface area contributed by atoms with Crippen molar-refractivity contribution in [3.8, 4) is 0 Å². The van der Waals surface area contributed by atoms with Gasteiger partial charge in [0.25, 0.3) is 0 Å². The molecule has 0 aromatic heterocycles. The maximum Gasteiger partial charge on any atom is 0.239 e. The fourth-order valence-electron chi connectivity index (χ4n) is 2.96. The number of piperazine rings is 1. The first-order chi connectivity index (χ1) is 9.29. The monoisotopic (exact) mass is 304 g/mol. The molecule has 1 atom stereocenters. The number of carbonyl (C=O) groups is 1. The highest BCUT2D eigenvalue weighted by molar-refractivity contribution is 7.88. The van der Waals surface area contributed by atoms with E-state index in [1.54, 1.807) is 7.05 Å². The molecule has 0 aromatic rings. The van der Waals surface area contributed by atoms with Crippen LogP contribution in [0.25, 0.3) is 0 Å². The van der Waals surface area contributed by atoms with Crippen LogP contribution < -0.4 is 11.1 Å². The number of nitrogens with two attached hydrogens (primary N) is 1. The quantitative estimate of drug-likeness (QED) is 0.617. The van der Waals surface area contributed by atoms with Crippen LogP contribution in [0.2, 0.25) is 0 Å². The zero-order valence-corrected chi connectivity index (χ0v) is 12.9. The van der Waals surface area contributed by atoms with E-state index < -0.39 is 15.6 Å². The van der Waals surface area contributed by atoms with E-state index in [-0.39, 0.29) is 5.91 Å². The maximum absolute atomic E-state index is 11.9. The van der Waals surface area contributed by atoms with Crippen LogP contribution in [0.3, 0.4) is 0 Å². The van der Waals surface area contributed by atoms with E-state index in [2.05, 4.69) is 10.2 Å². The Morgan fingerprint density at radius 1 is 1.30 bits per heavy atom. The fourth-order valence-corrected chi connectivity index (χ4v) is 3.79. The van der Waals surface area contributed by atoms with Crippen molar-refractivity contribution in [1.82, 2.24) is 14.5 Å². The van der Waals surface area contributed by atoms with Gasteiger partial charge in [0.05, 0.1) is 6.26 Å². The third kappa shape index (κ3) is 3.13. The van der Waals surface area contributed by atoms with Gasteiger partial charge in [-0.25, -0.2) is 8.42 Å². The van der Waals surface area contributed by atoms with Gasteiger partial charge in [-0.05, 0) is 25.8 Å². The number of likely N-dealkylation sites (N-methyl/N-ethyl adjacent to an activating group) is 1. The Kier molecular flexibility index (Phi) is 4.38. The number of nitrogens with zero attached hydrogens (tertiary/aromatic N) is 2. The number of hydrogen-bond acceptors (Lipinski definition) is 5. The van der Waals surface area contributed by atoms with Crippen molar-refractivity contribution in [1.29, 1.82) is 0 Å². The van der Waals surface area contributed by atoms with Crippen LogP contribution in [0.1, 0.15) is 12.8 Å². The van der Waals surface area contributed by atoms with Gasteiger partial charge in [-0.2, -0.15) is 4.31 Å². The topological polar surface area (TPSA) is 95.7 Å². The smallest absolute Gasteiger partial charge is 0.239 e. The molecule has 1 saturated carbocycles. The Bertz CT molecular complexity index is 469. The lowest BCUT2D eigenvalue weighted by Gasteiger charge is -2.40. The van der Waals surface area contributed by atoms with Gasteiger partial charge in [-0.15, -0.1) is 0 Å². The standard InChI is InChI=1S/C12H24N4O3S/c1-14-12(11(13)17,10-3-4-10)9-15-5-7-16(8-6-15)20(2,18)19/h10,14H,3-9H2,1-2H3,(H2,13,17). The van der Waals surface area contributed by atoms with E-state index in [1.807, 2.05) is 0 Å². The summed E-state index contributed by atoms with van der Waals surface area (Å²) in [6.07, 6.45) is 3.27. The Labute approximate surface area is 120 Å². The molecule has 1 unspecified atom stereocenters. The Morgan fingerprint density at radius 3 is 2.20 bits per heavy atom. The van der Waals surface area contributed by atoms with E-state index in [9.17, 15) is 13.2 Å². The van der Waals surface area contributed by atoms with Crippen LogP contribution in [-0.2, 0) is 14.8 Å². The molecule has 1 aliphatic carbocycles. The van der Waals surface area contributed by atoms with Gasteiger partial charge in [0, 0.05) is 32.7 Å². The first-order valence-corrected chi connectivity index (χ1v) is 8.81. The van der Waals surface area contributed by atoms with Crippen molar-refractivity contribution >= 4 is 15.9 Å².